The second-order valence-corrected chi connectivity index (χ2v) is 5.03. The smallest absolute Gasteiger partial charge is 0.310 e. The van der Waals surface area contributed by atoms with E-state index in [0.29, 0.717) is 11.1 Å². The minimum absolute atomic E-state index is 0.329. The summed E-state index contributed by atoms with van der Waals surface area (Å²) in [4.78, 5) is 35.2. The van der Waals surface area contributed by atoms with Crippen LogP contribution in [0.15, 0.2) is 60.7 Å². The fraction of sp³-hybridized carbons (Fsp3) is 0.0556. The molecule has 0 bridgehead atoms. The van der Waals surface area contributed by atoms with Crippen LogP contribution in [0, 0.1) is 6.92 Å². The van der Waals surface area contributed by atoms with Gasteiger partial charge in [0.2, 0.25) is 5.78 Å². The number of hydrogen-bond donors (Lipinski definition) is 3. The molecular weight excluding hydrogens is 308 g/mol. The maximum atomic E-state index is 11.7. The van der Waals surface area contributed by atoms with E-state index >= 15 is 0 Å². The van der Waals surface area contributed by atoms with Gasteiger partial charge in [-0.1, -0.05) is 48.0 Å². The van der Waals surface area contributed by atoms with Crippen LogP contribution in [0.1, 0.15) is 21.5 Å². The average Bonchev–Trinajstić information content (AvgIpc) is 2.60. The molecule has 0 saturated carbocycles. The van der Waals surface area contributed by atoms with Crippen molar-refractivity contribution < 1.29 is 19.5 Å². The molecule has 2 amide bonds. The molecule has 0 aromatic heterocycles. The van der Waals surface area contributed by atoms with Crippen LogP contribution >= 0.6 is 0 Å². The van der Waals surface area contributed by atoms with Crippen molar-refractivity contribution in [2.75, 3.05) is 0 Å². The van der Waals surface area contributed by atoms with Crippen molar-refractivity contribution in [3.63, 3.8) is 0 Å². The van der Waals surface area contributed by atoms with Gasteiger partial charge in [-0.2, -0.15) is 0 Å². The van der Waals surface area contributed by atoms with Crippen molar-refractivity contribution in [3.05, 3.63) is 77.4 Å². The number of amides is 2. The van der Waals surface area contributed by atoms with Gasteiger partial charge in [-0.3, -0.25) is 25.2 Å². The minimum atomic E-state index is -1.06. The molecule has 0 aliphatic rings. The number of hydrazine groups is 1. The number of rotatable bonds is 4. The molecule has 0 radical (unpaired) electrons. The number of aliphatic hydroxyl groups is 1. The van der Waals surface area contributed by atoms with E-state index in [1.807, 2.05) is 12.3 Å². The molecular formula is C18H16N2O4. The van der Waals surface area contributed by atoms with Crippen molar-refractivity contribution in [2.45, 2.75) is 6.92 Å². The number of aliphatic hydroxyl groups excluding tert-OH is 1. The first-order chi connectivity index (χ1) is 11.5. The first kappa shape index (κ1) is 17.0. The van der Waals surface area contributed by atoms with Gasteiger partial charge in [0.25, 0.3) is 5.91 Å². The van der Waals surface area contributed by atoms with E-state index in [9.17, 15) is 19.5 Å². The molecule has 2 aromatic carbocycles. The Bertz CT molecular complexity index is 780. The molecule has 122 valence electrons. The first-order valence-corrected chi connectivity index (χ1v) is 7.15. The van der Waals surface area contributed by atoms with Crippen molar-refractivity contribution >= 4 is 23.4 Å². The number of aryl methyl sites for hydroxylation is 1. The lowest BCUT2D eigenvalue weighted by Gasteiger charge is -2.06. The number of nitrogens with one attached hydrogen (secondary N) is 2. The summed E-state index contributed by atoms with van der Waals surface area (Å²) in [5, 5.41) is 9.86. The Morgan fingerprint density at radius 1 is 0.875 bits per heavy atom. The molecule has 0 atom stereocenters. The van der Waals surface area contributed by atoms with Crippen LogP contribution in [-0.4, -0.2) is 22.7 Å². The highest BCUT2D eigenvalue weighted by Crippen LogP contribution is 2.12. The summed E-state index contributed by atoms with van der Waals surface area (Å²) in [5.74, 6) is -2.92. The highest BCUT2D eigenvalue weighted by atomic mass is 16.3. The van der Waals surface area contributed by atoms with Gasteiger partial charge in [0.05, 0.1) is 0 Å². The van der Waals surface area contributed by atoms with Crippen LogP contribution < -0.4 is 10.9 Å². The summed E-state index contributed by atoms with van der Waals surface area (Å²) in [5.41, 5.74) is 5.88. The lowest BCUT2D eigenvalue weighted by Crippen LogP contribution is -2.44. The first-order valence-electron chi connectivity index (χ1n) is 7.15. The second kappa shape index (κ2) is 7.73. The van der Waals surface area contributed by atoms with Crippen LogP contribution in [0.2, 0.25) is 0 Å². The molecule has 6 nitrogen and oxygen atoms in total. The Balaban J connectivity index is 1.94. The molecule has 0 aliphatic heterocycles. The van der Waals surface area contributed by atoms with Crippen LogP contribution in [0.25, 0.3) is 5.76 Å². The van der Waals surface area contributed by atoms with Gasteiger partial charge < -0.3 is 5.11 Å². The van der Waals surface area contributed by atoms with Gasteiger partial charge in [0.1, 0.15) is 5.76 Å². The van der Waals surface area contributed by atoms with Crippen LogP contribution in [-0.2, 0) is 9.59 Å². The largest absolute Gasteiger partial charge is 0.507 e. The van der Waals surface area contributed by atoms with Gasteiger partial charge in [-0.25, -0.2) is 0 Å². The number of hydrogen-bond acceptors (Lipinski definition) is 4. The van der Waals surface area contributed by atoms with Crippen molar-refractivity contribution in [1.82, 2.24) is 10.9 Å². The second-order valence-electron chi connectivity index (χ2n) is 5.03. The third-order valence-corrected chi connectivity index (χ3v) is 3.16. The zero-order valence-corrected chi connectivity index (χ0v) is 12.9. The van der Waals surface area contributed by atoms with E-state index in [1.54, 1.807) is 54.6 Å². The Labute approximate surface area is 138 Å². The fourth-order valence-corrected chi connectivity index (χ4v) is 1.83. The molecule has 6 heteroatoms. The fourth-order valence-electron chi connectivity index (χ4n) is 1.83. The van der Waals surface area contributed by atoms with Crippen LogP contribution in [0.5, 0.6) is 0 Å². The lowest BCUT2D eigenvalue weighted by atomic mass is 10.1. The normalized spacial score (nSPS) is 10.8. The molecule has 2 rings (SSSR count). The lowest BCUT2D eigenvalue weighted by molar-refractivity contribution is -0.135. The van der Waals surface area contributed by atoms with Gasteiger partial charge in [-0.15, -0.1) is 0 Å². The van der Waals surface area contributed by atoms with Crippen LogP contribution in [0.3, 0.4) is 0 Å². The maximum absolute atomic E-state index is 11.7. The monoisotopic (exact) mass is 324 g/mol. The summed E-state index contributed by atoms with van der Waals surface area (Å²) in [6, 6.07) is 15.0. The highest BCUT2D eigenvalue weighted by Gasteiger charge is 2.14. The minimum Gasteiger partial charge on any atom is -0.507 e. The van der Waals surface area contributed by atoms with E-state index < -0.39 is 17.6 Å². The average molecular weight is 324 g/mol. The Morgan fingerprint density at radius 3 is 2.12 bits per heavy atom. The quantitative estimate of drug-likeness (QED) is 0.346. The molecule has 3 N–H and O–H groups in total. The van der Waals surface area contributed by atoms with E-state index in [4.69, 9.17) is 0 Å². The molecule has 0 heterocycles. The molecule has 24 heavy (non-hydrogen) atoms. The Hall–Kier alpha value is -3.41. The molecule has 0 aliphatic carbocycles. The molecule has 0 unspecified atom stereocenters. The summed E-state index contributed by atoms with van der Waals surface area (Å²) in [6.45, 7) is 1.89. The Kier molecular flexibility index (Phi) is 5.46. The predicted octanol–water partition coefficient (Wildman–Crippen LogP) is 1.92. The van der Waals surface area contributed by atoms with Crippen molar-refractivity contribution in [2.24, 2.45) is 0 Å². The topological polar surface area (TPSA) is 95.5 Å². The number of ketones is 1. The number of carbonyl (C=O) groups is 3. The zero-order valence-electron chi connectivity index (χ0n) is 12.9. The van der Waals surface area contributed by atoms with Gasteiger partial charge in [0.15, 0.2) is 0 Å². The van der Waals surface area contributed by atoms with Crippen molar-refractivity contribution in [3.8, 4) is 0 Å². The third kappa shape index (κ3) is 4.54. The van der Waals surface area contributed by atoms with Gasteiger partial charge in [-0.05, 0) is 19.1 Å². The van der Waals surface area contributed by atoms with Gasteiger partial charge >= 0.3 is 5.91 Å². The molecule has 2 aromatic rings. The molecule has 0 spiro atoms. The highest BCUT2D eigenvalue weighted by molar-refractivity contribution is 6.41. The summed E-state index contributed by atoms with van der Waals surface area (Å²) in [7, 11) is 0. The summed E-state index contributed by atoms with van der Waals surface area (Å²) >= 11 is 0. The maximum Gasteiger partial charge on any atom is 0.310 e. The van der Waals surface area contributed by atoms with Crippen molar-refractivity contribution in [1.29, 1.82) is 0 Å². The number of benzene rings is 2. The molecule has 0 saturated heterocycles. The van der Waals surface area contributed by atoms with E-state index in [-0.39, 0.29) is 5.76 Å². The van der Waals surface area contributed by atoms with Crippen LogP contribution in [0.4, 0.5) is 0 Å². The zero-order chi connectivity index (χ0) is 17.5. The predicted molar refractivity (Wildman–Crippen MR) is 88.8 cm³/mol. The molecule has 0 fully saturated rings. The standard InChI is InChI=1S/C18H16N2O4/c1-12-7-9-13(10-8-12)15(21)11-16(22)18(24)20-19-17(23)14-5-3-2-4-6-14/h2-11,21H,1H3,(H,19,23)(H,20,24)/b15-11-. The van der Waals surface area contributed by atoms with E-state index in [2.05, 4.69) is 5.43 Å². The number of carbonyl (C=O) groups excluding carboxylic acids is 3. The summed E-state index contributed by atoms with van der Waals surface area (Å²) < 4.78 is 0. The third-order valence-electron chi connectivity index (χ3n) is 3.16. The summed E-state index contributed by atoms with van der Waals surface area (Å²) in [6.07, 6.45) is 0.800. The van der Waals surface area contributed by atoms with Gasteiger partial charge in [0, 0.05) is 17.2 Å². The van der Waals surface area contributed by atoms with E-state index in [0.717, 1.165) is 11.6 Å². The van der Waals surface area contributed by atoms with E-state index in [1.165, 1.54) is 0 Å². The Morgan fingerprint density at radius 2 is 1.50 bits per heavy atom. The SMILES string of the molecule is Cc1ccc(/C(O)=C/C(=O)C(=O)NNC(=O)c2ccccc2)cc1.